The standard InChI is InChI=1S/C14H19ClFNO3S/c1-14(2)4-3-5-17(9-14)21(19,20)12-7-11(15)6-10(8-18)13(12)16/h6-7,18H,3-5,8-9H2,1-2H3. The molecule has 1 saturated heterocycles. The van der Waals surface area contributed by atoms with Gasteiger partial charge >= 0.3 is 0 Å². The van der Waals surface area contributed by atoms with Gasteiger partial charge in [-0.15, -0.1) is 0 Å². The van der Waals surface area contributed by atoms with Gasteiger partial charge in [-0.3, -0.25) is 0 Å². The summed E-state index contributed by atoms with van der Waals surface area (Å²) in [6.07, 6.45) is 1.67. The van der Waals surface area contributed by atoms with Gasteiger partial charge in [0.1, 0.15) is 10.7 Å². The molecule has 0 unspecified atom stereocenters. The highest BCUT2D eigenvalue weighted by atomic mass is 35.5. The topological polar surface area (TPSA) is 57.6 Å². The van der Waals surface area contributed by atoms with Gasteiger partial charge in [0, 0.05) is 23.7 Å². The first-order valence-electron chi connectivity index (χ1n) is 6.76. The maximum absolute atomic E-state index is 14.3. The molecule has 7 heteroatoms. The summed E-state index contributed by atoms with van der Waals surface area (Å²) in [5.74, 6) is -0.926. The van der Waals surface area contributed by atoms with Crippen LogP contribution in [0.5, 0.6) is 0 Å². The zero-order valence-electron chi connectivity index (χ0n) is 12.1. The Hall–Kier alpha value is -0.690. The fourth-order valence-corrected chi connectivity index (χ4v) is 4.74. The van der Waals surface area contributed by atoms with Gasteiger partial charge in [0.2, 0.25) is 10.0 Å². The quantitative estimate of drug-likeness (QED) is 0.924. The van der Waals surface area contributed by atoms with E-state index in [1.54, 1.807) is 0 Å². The number of hydrogen-bond donors (Lipinski definition) is 1. The largest absolute Gasteiger partial charge is 0.392 e. The molecular formula is C14H19ClFNO3S. The Balaban J connectivity index is 2.47. The Morgan fingerprint density at radius 2 is 2.10 bits per heavy atom. The number of piperidine rings is 1. The summed E-state index contributed by atoms with van der Waals surface area (Å²) >= 11 is 5.84. The van der Waals surface area contributed by atoms with E-state index in [2.05, 4.69) is 0 Å². The lowest BCUT2D eigenvalue weighted by atomic mass is 9.85. The second-order valence-electron chi connectivity index (χ2n) is 6.14. The molecule has 0 amide bonds. The molecule has 1 fully saturated rings. The van der Waals surface area contributed by atoms with Crippen molar-refractivity contribution in [2.75, 3.05) is 13.1 Å². The smallest absolute Gasteiger partial charge is 0.246 e. The van der Waals surface area contributed by atoms with Crippen LogP contribution >= 0.6 is 11.6 Å². The summed E-state index contributed by atoms with van der Waals surface area (Å²) in [7, 11) is -3.96. The predicted molar refractivity (Wildman–Crippen MR) is 79.1 cm³/mol. The Morgan fingerprint density at radius 1 is 1.43 bits per heavy atom. The molecule has 1 aromatic rings. The Morgan fingerprint density at radius 3 is 2.67 bits per heavy atom. The molecule has 1 aromatic carbocycles. The number of aliphatic hydroxyl groups excluding tert-OH is 1. The van der Waals surface area contributed by atoms with E-state index in [1.165, 1.54) is 10.4 Å². The number of rotatable bonds is 3. The van der Waals surface area contributed by atoms with E-state index in [-0.39, 0.29) is 16.0 Å². The normalized spacial score (nSPS) is 19.7. The minimum absolute atomic E-state index is 0.0929. The molecule has 1 N–H and O–H groups in total. The maximum Gasteiger partial charge on any atom is 0.246 e. The van der Waals surface area contributed by atoms with Crippen LogP contribution in [0.3, 0.4) is 0 Å². The van der Waals surface area contributed by atoms with Crippen molar-refractivity contribution in [3.05, 3.63) is 28.5 Å². The van der Waals surface area contributed by atoms with Gasteiger partial charge in [-0.1, -0.05) is 25.4 Å². The number of nitrogens with zero attached hydrogens (tertiary/aromatic N) is 1. The minimum atomic E-state index is -3.96. The van der Waals surface area contributed by atoms with Gasteiger partial charge in [-0.05, 0) is 30.4 Å². The fourth-order valence-electron chi connectivity index (χ4n) is 2.63. The summed E-state index contributed by atoms with van der Waals surface area (Å²) < 4.78 is 40.9. The highest BCUT2D eigenvalue weighted by molar-refractivity contribution is 7.89. The van der Waals surface area contributed by atoms with E-state index in [0.29, 0.717) is 13.1 Å². The van der Waals surface area contributed by atoms with Gasteiger partial charge in [-0.25, -0.2) is 12.8 Å². The maximum atomic E-state index is 14.3. The van der Waals surface area contributed by atoms with Crippen LogP contribution in [0.25, 0.3) is 0 Å². The molecule has 1 aliphatic rings. The van der Waals surface area contributed by atoms with Crippen LogP contribution < -0.4 is 0 Å². The van der Waals surface area contributed by atoms with E-state index < -0.39 is 27.3 Å². The lowest BCUT2D eigenvalue weighted by molar-refractivity contribution is 0.186. The molecule has 1 aliphatic heterocycles. The Labute approximate surface area is 129 Å². The molecular weight excluding hydrogens is 317 g/mol. The fraction of sp³-hybridized carbons (Fsp3) is 0.571. The number of hydrogen-bond acceptors (Lipinski definition) is 3. The molecule has 0 aromatic heterocycles. The molecule has 21 heavy (non-hydrogen) atoms. The first-order chi connectivity index (χ1) is 9.67. The summed E-state index contributed by atoms with van der Waals surface area (Å²) in [5, 5.41) is 9.21. The summed E-state index contributed by atoms with van der Waals surface area (Å²) in [6.45, 7) is 4.09. The molecule has 0 radical (unpaired) electrons. The van der Waals surface area contributed by atoms with Gasteiger partial charge in [-0.2, -0.15) is 4.31 Å². The van der Waals surface area contributed by atoms with E-state index in [9.17, 15) is 12.8 Å². The van der Waals surface area contributed by atoms with E-state index in [1.807, 2.05) is 13.8 Å². The summed E-state index contributed by atoms with van der Waals surface area (Å²) in [6, 6.07) is 2.34. The van der Waals surface area contributed by atoms with E-state index in [0.717, 1.165) is 18.9 Å². The van der Waals surface area contributed by atoms with Crippen molar-refractivity contribution in [2.45, 2.75) is 38.2 Å². The average Bonchev–Trinajstić information content (AvgIpc) is 2.39. The molecule has 4 nitrogen and oxygen atoms in total. The average molecular weight is 336 g/mol. The van der Waals surface area contributed by atoms with Crippen molar-refractivity contribution in [1.29, 1.82) is 0 Å². The molecule has 118 valence electrons. The zero-order chi connectivity index (χ0) is 15.8. The molecule has 2 rings (SSSR count). The third kappa shape index (κ3) is 3.39. The minimum Gasteiger partial charge on any atom is -0.392 e. The highest BCUT2D eigenvalue weighted by Crippen LogP contribution is 2.33. The molecule has 0 saturated carbocycles. The van der Waals surface area contributed by atoms with Crippen molar-refractivity contribution < 1.29 is 17.9 Å². The lowest BCUT2D eigenvalue weighted by Crippen LogP contribution is -2.43. The van der Waals surface area contributed by atoms with Crippen molar-refractivity contribution in [2.24, 2.45) is 5.41 Å². The third-order valence-corrected chi connectivity index (χ3v) is 5.80. The van der Waals surface area contributed by atoms with Gasteiger partial charge in [0.05, 0.1) is 6.61 Å². The van der Waals surface area contributed by atoms with Crippen LogP contribution in [0.15, 0.2) is 17.0 Å². The van der Waals surface area contributed by atoms with Crippen LogP contribution in [0.2, 0.25) is 5.02 Å². The van der Waals surface area contributed by atoms with Crippen molar-refractivity contribution in [1.82, 2.24) is 4.31 Å². The molecule has 0 spiro atoms. The summed E-state index contributed by atoms with van der Waals surface area (Å²) in [5.41, 5.74) is -0.252. The highest BCUT2D eigenvalue weighted by Gasteiger charge is 2.36. The number of benzene rings is 1. The molecule has 0 aliphatic carbocycles. The van der Waals surface area contributed by atoms with Crippen molar-refractivity contribution >= 4 is 21.6 Å². The Kier molecular flexibility index (Phi) is 4.63. The van der Waals surface area contributed by atoms with Crippen LogP contribution in [0, 0.1) is 11.2 Å². The monoisotopic (exact) mass is 335 g/mol. The second-order valence-corrected chi connectivity index (χ2v) is 8.48. The first-order valence-corrected chi connectivity index (χ1v) is 8.58. The van der Waals surface area contributed by atoms with Crippen molar-refractivity contribution in [3.63, 3.8) is 0 Å². The number of aliphatic hydroxyl groups is 1. The van der Waals surface area contributed by atoms with Gasteiger partial charge in [0.25, 0.3) is 0 Å². The van der Waals surface area contributed by atoms with Crippen LogP contribution in [-0.4, -0.2) is 30.9 Å². The Bertz CT molecular complexity index is 646. The third-order valence-electron chi connectivity index (χ3n) is 3.73. The van der Waals surface area contributed by atoms with Gasteiger partial charge in [0.15, 0.2) is 0 Å². The van der Waals surface area contributed by atoms with Gasteiger partial charge < -0.3 is 5.11 Å². The SMILES string of the molecule is CC1(C)CCCN(S(=O)(=O)c2cc(Cl)cc(CO)c2F)C1. The molecule has 1 heterocycles. The zero-order valence-corrected chi connectivity index (χ0v) is 13.6. The van der Waals surface area contributed by atoms with Crippen molar-refractivity contribution in [3.8, 4) is 0 Å². The first kappa shape index (κ1) is 16.7. The number of sulfonamides is 1. The summed E-state index contributed by atoms with van der Waals surface area (Å²) in [4.78, 5) is -0.461. The van der Waals surface area contributed by atoms with E-state index in [4.69, 9.17) is 16.7 Å². The van der Waals surface area contributed by atoms with Crippen LogP contribution in [-0.2, 0) is 16.6 Å². The molecule has 0 bridgehead atoms. The van der Waals surface area contributed by atoms with Crippen LogP contribution in [0.1, 0.15) is 32.3 Å². The lowest BCUT2D eigenvalue weighted by Gasteiger charge is -2.37. The predicted octanol–water partition coefficient (Wildman–Crippen LogP) is 2.78. The number of halogens is 2. The second kappa shape index (κ2) is 5.83. The van der Waals surface area contributed by atoms with Crippen LogP contribution in [0.4, 0.5) is 4.39 Å². The van der Waals surface area contributed by atoms with E-state index >= 15 is 0 Å². The molecule has 0 atom stereocenters.